The number of alkyl halides is 2. The molecule has 1 aliphatic rings. The second kappa shape index (κ2) is 5.39. The van der Waals surface area contributed by atoms with Crippen molar-refractivity contribution in [3.05, 3.63) is 29.8 Å². The molecule has 1 aromatic carbocycles. The van der Waals surface area contributed by atoms with Crippen molar-refractivity contribution in [3.8, 4) is 12.3 Å². The van der Waals surface area contributed by atoms with Crippen molar-refractivity contribution in [2.75, 3.05) is 11.9 Å². The summed E-state index contributed by atoms with van der Waals surface area (Å²) in [5.74, 6) is 0.122. The standard InChI is InChI=1S/C15H17F2N/c1-2-12-5-3-7-14(9-12)18-11-13-6-4-8-15(16,17)10-13/h1,3,5,7,9,13,18H,4,6,8,10-11H2. The van der Waals surface area contributed by atoms with E-state index in [9.17, 15) is 8.78 Å². The number of hydrogen-bond acceptors (Lipinski definition) is 1. The van der Waals surface area contributed by atoms with Crippen LogP contribution in [-0.2, 0) is 0 Å². The molecule has 1 N–H and O–H groups in total. The molecule has 2 rings (SSSR count). The van der Waals surface area contributed by atoms with E-state index in [1.54, 1.807) is 0 Å². The Morgan fingerprint density at radius 1 is 1.44 bits per heavy atom. The maximum absolute atomic E-state index is 13.2. The lowest BCUT2D eigenvalue weighted by atomic mass is 9.86. The van der Waals surface area contributed by atoms with Crippen LogP contribution in [0.15, 0.2) is 24.3 Å². The molecule has 3 heteroatoms. The van der Waals surface area contributed by atoms with E-state index >= 15 is 0 Å². The largest absolute Gasteiger partial charge is 0.385 e. The number of halogens is 2. The highest BCUT2D eigenvalue weighted by molar-refractivity contribution is 5.49. The number of anilines is 1. The lowest BCUT2D eigenvalue weighted by Gasteiger charge is -2.29. The van der Waals surface area contributed by atoms with Gasteiger partial charge < -0.3 is 5.32 Å². The molecule has 0 radical (unpaired) electrons. The minimum Gasteiger partial charge on any atom is -0.385 e. The van der Waals surface area contributed by atoms with Gasteiger partial charge in [-0.3, -0.25) is 0 Å². The summed E-state index contributed by atoms with van der Waals surface area (Å²) >= 11 is 0. The van der Waals surface area contributed by atoms with Gasteiger partial charge in [-0.2, -0.15) is 0 Å². The third-order valence-electron chi connectivity index (χ3n) is 3.37. The molecule has 1 aliphatic carbocycles. The van der Waals surface area contributed by atoms with Crippen LogP contribution in [0.3, 0.4) is 0 Å². The molecule has 1 atom stereocenters. The Balaban J connectivity index is 1.89. The molecule has 1 aromatic rings. The highest BCUT2D eigenvalue weighted by Crippen LogP contribution is 2.36. The van der Waals surface area contributed by atoms with E-state index in [2.05, 4.69) is 11.2 Å². The van der Waals surface area contributed by atoms with Crippen LogP contribution in [0, 0.1) is 18.3 Å². The Morgan fingerprint density at radius 3 is 3.00 bits per heavy atom. The lowest BCUT2D eigenvalue weighted by molar-refractivity contribution is -0.0502. The average molecular weight is 249 g/mol. The molecule has 0 bridgehead atoms. The van der Waals surface area contributed by atoms with Crippen molar-refractivity contribution in [1.82, 2.24) is 0 Å². The van der Waals surface area contributed by atoms with E-state index in [4.69, 9.17) is 6.42 Å². The van der Waals surface area contributed by atoms with Gasteiger partial charge in [0.1, 0.15) is 0 Å². The van der Waals surface area contributed by atoms with Gasteiger partial charge in [0.25, 0.3) is 0 Å². The second-order valence-corrected chi connectivity index (χ2v) is 4.92. The van der Waals surface area contributed by atoms with E-state index in [1.165, 1.54) is 0 Å². The monoisotopic (exact) mass is 249 g/mol. The third kappa shape index (κ3) is 3.46. The zero-order valence-corrected chi connectivity index (χ0v) is 10.3. The Hall–Kier alpha value is -1.56. The number of terminal acetylenes is 1. The summed E-state index contributed by atoms with van der Waals surface area (Å²) in [4.78, 5) is 0. The second-order valence-electron chi connectivity index (χ2n) is 4.92. The van der Waals surface area contributed by atoms with Gasteiger partial charge in [-0.15, -0.1) is 6.42 Å². The smallest absolute Gasteiger partial charge is 0.248 e. The molecule has 0 heterocycles. The zero-order valence-electron chi connectivity index (χ0n) is 10.3. The summed E-state index contributed by atoms with van der Waals surface area (Å²) in [7, 11) is 0. The predicted molar refractivity (Wildman–Crippen MR) is 69.8 cm³/mol. The van der Waals surface area contributed by atoms with E-state index in [-0.39, 0.29) is 18.8 Å². The van der Waals surface area contributed by atoms with Gasteiger partial charge in [0.15, 0.2) is 0 Å². The van der Waals surface area contributed by atoms with Crippen LogP contribution in [0.2, 0.25) is 0 Å². The minimum absolute atomic E-state index is 0.00513. The van der Waals surface area contributed by atoms with E-state index in [0.29, 0.717) is 13.0 Å². The Bertz CT molecular complexity index is 448. The third-order valence-corrected chi connectivity index (χ3v) is 3.37. The quantitative estimate of drug-likeness (QED) is 0.801. The molecule has 1 unspecified atom stereocenters. The van der Waals surface area contributed by atoms with Gasteiger partial charge in [-0.25, -0.2) is 8.78 Å². The van der Waals surface area contributed by atoms with Crippen molar-refractivity contribution < 1.29 is 8.78 Å². The van der Waals surface area contributed by atoms with E-state index < -0.39 is 5.92 Å². The molecule has 0 aromatic heterocycles. The number of nitrogens with one attached hydrogen (secondary N) is 1. The van der Waals surface area contributed by atoms with E-state index in [0.717, 1.165) is 17.7 Å². The SMILES string of the molecule is C#Cc1cccc(NCC2CCCC(F)(F)C2)c1. The molecule has 18 heavy (non-hydrogen) atoms. The van der Waals surface area contributed by atoms with Crippen LogP contribution in [0.5, 0.6) is 0 Å². The Labute approximate surface area is 107 Å². The summed E-state index contributed by atoms with van der Waals surface area (Å²) in [6.07, 6.45) is 6.84. The molecule has 96 valence electrons. The molecular weight excluding hydrogens is 232 g/mol. The van der Waals surface area contributed by atoms with Gasteiger partial charge in [0.05, 0.1) is 0 Å². The minimum atomic E-state index is -2.48. The number of benzene rings is 1. The first-order chi connectivity index (χ1) is 8.59. The molecular formula is C15H17F2N. The molecule has 0 amide bonds. The Morgan fingerprint density at radius 2 is 2.28 bits per heavy atom. The molecule has 0 saturated heterocycles. The summed E-state index contributed by atoms with van der Waals surface area (Å²) in [6.45, 7) is 0.587. The molecule has 1 fully saturated rings. The van der Waals surface area contributed by atoms with Crippen LogP contribution < -0.4 is 5.32 Å². The number of rotatable bonds is 3. The molecule has 1 nitrogen and oxygen atoms in total. The molecule has 1 saturated carbocycles. The highest BCUT2D eigenvalue weighted by Gasteiger charge is 2.35. The van der Waals surface area contributed by atoms with Crippen LogP contribution in [0.4, 0.5) is 14.5 Å². The van der Waals surface area contributed by atoms with Crippen molar-refractivity contribution in [2.24, 2.45) is 5.92 Å². The van der Waals surface area contributed by atoms with Crippen LogP contribution in [-0.4, -0.2) is 12.5 Å². The van der Waals surface area contributed by atoms with Crippen LogP contribution in [0.25, 0.3) is 0 Å². The van der Waals surface area contributed by atoms with Crippen molar-refractivity contribution in [3.63, 3.8) is 0 Å². The van der Waals surface area contributed by atoms with Gasteiger partial charge >= 0.3 is 0 Å². The van der Waals surface area contributed by atoms with Crippen LogP contribution >= 0.6 is 0 Å². The Kier molecular flexibility index (Phi) is 3.86. The predicted octanol–water partition coefficient (Wildman–Crippen LogP) is 3.91. The van der Waals surface area contributed by atoms with Gasteiger partial charge in [-0.1, -0.05) is 12.0 Å². The first kappa shape index (κ1) is 12.9. The first-order valence-electron chi connectivity index (χ1n) is 6.27. The summed E-state index contributed by atoms with van der Waals surface area (Å²) < 4.78 is 26.5. The zero-order chi connectivity index (χ0) is 13.0. The fourth-order valence-electron chi connectivity index (χ4n) is 2.43. The fourth-order valence-corrected chi connectivity index (χ4v) is 2.43. The lowest BCUT2D eigenvalue weighted by Crippen LogP contribution is -2.29. The van der Waals surface area contributed by atoms with Crippen LogP contribution in [0.1, 0.15) is 31.2 Å². The summed E-state index contributed by atoms with van der Waals surface area (Å²) in [5, 5.41) is 3.20. The first-order valence-corrected chi connectivity index (χ1v) is 6.27. The van der Waals surface area contributed by atoms with E-state index in [1.807, 2.05) is 24.3 Å². The van der Waals surface area contributed by atoms with Crippen molar-refractivity contribution >= 4 is 5.69 Å². The average Bonchev–Trinajstić information content (AvgIpc) is 2.35. The topological polar surface area (TPSA) is 12.0 Å². The van der Waals surface area contributed by atoms with Gasteiger partial charge in [0, 0.05) is 30.6 Å². The summed E-state index contributed by atoms with van der Waals surface area (Å²) in [5.41, 5.74) is 1.70. The molecule has 0 spiro atoms. The van der Waals surface area contributed by atoms with Crippen molar-refractivity contribution in [1.29, 1.82) is 0 Å². The maximum atomic E-state index is 13.2. The van der Waals surface area contributed by atoms with Gasteiger partial charge in [-0.05, 0) is 37.0 Å². The highest BCUT2D eigenvalue weighted by atomic mass is 19.3. The maximum Gasteiger partial charge on any atom is 0.248 e. The number of hydrogen-bond donors (Lipinski definition) is 1. The van der Waals surface area contributed by atoms with Gasteiger partial charge in [0.2, 0.25) is 5.92 Å². The molecule has 0 aliphatic heterocycles. The van der Waals surface area contributed by atoms with Crippen molar-refractivity contribution in [2.45, 2.75) is 31.6 Å². The fraction of sp³-hybridized carbons (Fsp3) is 0.467. The summed E-state index contributed by atoms with van der Waals surface area (Å²) in [6, 6.07) is 7.48. The normalized spacial score (nSPS) is 22.2.